The Balaban J connectivity index is 2.18. The van der Waals surface area contributed by atoms with E-state index < -0.39 is 5.82 Å². The molecule has 3 aromatic rings. The van der Waals surface area contributed by atoms with Crippen LogP contribution in [0.1, 0.15) is 0 Å². The zero-order chi connectivity index (χ0) is 14.3. The van der Waals surface area contributed by atoms with Crippen molar-refractivity contribution in [2.45, 2.75) is 0 Å². The molecule has 0 aromatic heterocycles. The fourth-order valence-electron chi connectivity index (χ4n) is 2.15. The molecule has 0 radical (unpaired) electrons. The molecule has 100 valence electrons. The van der Waals surface area contributed by atoms with Crippen LogP contribution in [0.15, 0.2) is 48.5 Å². The Kier molecular flexibility index (Phi) is 2.99. The second-order valence-electron chi connectivity index (χ2n) is 4.50. The zero-order valence-corrected chi connectivity index (χ0v) is 11.0. The van der Waals surface area contributed by atoms with Gasteiger partial charge in [-0.1, -0.05) is 35.9 Å². The van der Waals surface area contributed by atoms with Crippen LogP contribution in [0.3, 0.4) is 0 Å². The van der Waals surface area contributed by atoms with E-state index in [1.54, 1.807) is 24.3 Å². The van der Waals surface area contributed by atoms with Crippen LogP contribution in [-0.4, -0.2) is 10.2 Å². The summed E-state index contributed by atoms with van der Waals surface area (Å²) in [6.45, 7) is 0. The molecule has 0 spiro atoms. The number of rotatable bonds is 1. The third kappa shape index (κ3) is 2.06. The van der Waals surface area contributed by atoms with Gasteiger partial charge in [0, 0.05) is 5.39 Å². The summed E-state index contributed by atoms with van der Waals surface area (Å²) in [5.74, 6) is -1.00. The first-order chi connectivity index (χ1) is 9.56. The van der Waals surface area contributed by atoms with Crippen LogP contribution >= 0.6 is 11.6 Å². The minimum Gasteiger partial charge on any atom is -0.506 e. The molecule has 2 nitrogen and oxygen atoms in total. The van der Waals surface area contributed by atoms with Crippen molar-refractivity contribution in [3.8, 4) is 22.6 Å². The molecule has 0 saturated carbocycles. The molecule has 0 aliphatic carbocycles. The molecule has 0 unspecified atom stereocenters. The number of phenolic OH excluding ortho intramolecular Hbond substituents is 2. The molecule has 0 aliphatic heterocycles. The summed E-state index contributed by atoms with van der Waals surface area (Å²) < 4.78 is 13.4. The fourth-order valence-corrected chi connectivity index (χ4v) is 2.38. The lowest BCUT2D eigenvalue weighted by Gasteiger charge is -2.07. The first kappa shape index (κ1) is 12.8. The van der Waals surface area contributed by atoms with E-state index in [2.05, 4.69) is 0 Å². The van der Waals surface area contributed by atoms with E-state index in [-0.39, 0.29) is 11.5 Å². The van der Waals surface area contributed by atoms with Crippen LogP contribution in [0.5, 0.6) is 11.5 Å². The van der Waals surface area contributed by atoms with Gasteiger partial charge in [0.2, 0.25) is 0 Å². The van der Waals surface area contributed by atoms with Crippen molar-refractivity contribution in [2.75, 3.05) is 0 Å². The minimum atomic E-state index is -0.661. The molecular weight excluding hydrogens is 279 g/mol. The van der Waals surface area contributed by atoms with E-state index >= 15 is 0 Å². The Morgan fingerprint density at radius 3 is 2.20 bits per heavy atom. The lowest BCUT2D eigenvalue weighted by Crippen LogP contribution is -1.83. The first-order valence-corrected chi connectivity index (χ1v) is 6.34. The topological polar surface area (TPSA) is 40.5 Å². The van der Waals surface area contributed by atoms with Gasteiger partial charge in [0.15, 0.2) is 11.6 Å². The SMILES string of the molecule is Oc1ccc(-c2ccc3c(Cl)c(O)ccc3c2)cc1F. The predicted molar refractivity (Wildman–Crippen MR) is 77.7 cm³/mol. The molecule has 0 fully saturated rings. The van der Waals surface area contributed by atoms with Gasteiger partial charge < -0.3 is 10.2 Å². The van der Waals surface area contributed by atoms with E-state index in [1.807, 2.05) is 6.07 Å². The standard InChI is InChI=1S/C16H10ClFO2/c17-16-12-4-1-9(7-11(12)3-6-15(16)20)10-2-5-14(19)13(18)8-10/h1-8,19-20H. The van der Waals surface area contributed by atoms with Crippen molar-refractivity contribution < 1.29 is 14.6 Å². The van der Waals surface area contributed by atoms with Crippen molar-refractivity contribution in [1.29, 1.82) is 0 Å². The summed E-state index contributed by atoms with van der Waals surface area (Å²) in [6, 6.07) is 12.9. The van der Waals surface area contributed by atoms with Gasteiger partial charge in [-0.25, -0.2) is 4.39 Å². The third-order valence-corrected chi connectivity index (χ3v) is 3.61. The normalized spacial score (nSPS) is 10.9. The third-order valence-electron chi connectivity index (χ3n) is 3.21. The quantitative estimate of drug-likeness (QED) is 0.681. The Bertz CT molecular complexity index is 815. The second-order valence-corrected chi connectivity index (χ2v) is 4.88. The molecule has 0 saturated heterocycles. The van der Waals surface area contributed by atoms with Gasteiger partial charge in [-0.15, -0.1) is 0 Å². The van der Waals surface area contributed by atoms with Crippen LogP contribution in [-0.2, 0) is 0 Å². The molecule has 4 heteroatoms. The van der Waals surface area contributed by atoms with Gasteiger partial charge in [0.25, 0.3) is 0 Å². The predicted octanol–water partition coefficient (Wildman–Crippen LogP) is 4.71. The summed E-state index contributed by atoms with van der Waals surface area (Å²) in [5.41, 5.74) is 1.46. The van der Waals surface area contributed by atoms with Gasteiger partial charge >= 0.3 is 0 Å². The van der Waals surface area contributed by atoms with E-state index in [4.69, 9.17) is 11.6 Å². The lowest BCUT2D eigenvalue weighted by atomic mass is 10.0. The highest BCUT2D eigenvalue weighted by atomic mass is 35.5. The van der Waals surface area contributed by atoms with Crippen molar-refractivity contribution in [1.82, 2.24) is 0 Å². The molecular formula is C16H10ClFO2. The highest BCUT2D eigenvalue weighted by Gasteiger charge is 2.08. The number of fused-ring (bicyclic) bond motifs is 1. The lowest BCUT2D eigenvalue weighted by molar-refractivity contribution is 0.432. The molecule has 3 rings (SSSR count). The van der Waals surface area contributed by atoms with E-state index in [0.29, 0.717) is 10.6 Å². The summed E-state index contributed by atoms with van der Waals surface area (Å²) in [6.07, 6.45) is 0. The molecule has 3 aromatic carbocycles. The van der Waals surface area contributed by atoms with Crippen LogP contribution in [0.4, 0.5) is 4.39 Å². The average molecular weight is 289 g/mol. The summed E-state index contributed by atoms with van der Waals surface area (Å²) >= 11 is 6.03. The highest BCUT2D eigenvalue weighted by Crippen LogP contribution is 2.34. The van der Waals surface area contributed by atoms with Crippen molar-refractivity contribution >= 4 is 22.4 Å². The van der Waals surface area contributed by atoms with E-state index in [0.717, 1.165) is 16.3 Å². The van der Waals surface area contributed by atoms with Crippen LogP contribution in [0.2, 0.25) is 5.02 Å². The smallest absolute Gasteiger partial charge is 0.165 e. The molecule has 0 aliphatic rings. The monoisotopic (exact) mass is 288 g/mol. The van der Waals surface area contributed by atoms with E-state index in [9.17, 15) is 14.6 Å². The largest absolute Gasteiger partial charge is 0.506 e. The van der Waals surface area contributed by atoms with E-state index in [1.165, 1.54) is 18.2 Å². The van der Waals surface area contributed by atoms with Crippen LogP contribution in [0, 0.1) is 5.82 Å². The summed E-state index contributed by atoms with van der Waals surface area (Å²) in [5, 5.41) is 20.6. The van der Waals surface area contributed by atoms with Crippen molar-refractivity contribution in [3.63, 3.8) is 0 Å². The van der Waals surface area contributed by atoms with Gasteiger partial charge in [-0.05, 0) is 40.8 Å². The van der Waals surface area contributed by atoms with Gasteiger partial charge in [-0.2, -0.15) is 0 Å². The molecule has 0 amide bonds. The second kappa shape index (κ2) is 4.69. The Morgan fingerprint density at radius 1 is 0.800 bits per heavy atom. The first-order valence-electron chi connectivity index (χ1n) is 5.96. The number of aromatic hydroxyl groups is 2. The Labute approximate surface area is 119 Å². The number of phenols is 2. The number of hydrogen-bond acceptors (Lipinski definition) is 2. The molecule has 2 N–H and O–H groups in total. The molecule has 0 bridgehead atoms. The fraction of sp³-hybridized carbons (Fsp3) is 0. The van der Waals surface area contributed by atoms with Gasteiger partial charge in [-0.3, -0.25) is 0 Å². The van der Waals surface area contributed by atoms with Gasteiger partial charge in [0.1, 0.15) is 5.75 Å². The summed E-state index contributed by atoms with van der Waals surface area (Å²) in [4.78, 5) is 0. The van der Waals surface area contributed by atoms with Crippen LogP contribution < -0.4 is 0 Å². The maximum absolute atomic E-state index is 13.4. The maximum atomic E-state index is 13.4. The number of hydrogen-bond donors (Lipinski definition) is 2. The Hall–Kier alpha value is -2.26. The van der Waals surface area contributed by atoms with Crippen molar-refractivity contribution in [3.05, 3.63) is 59.4 Å². The number of benzene rings is 3. The molecule has 0 atom stereocenters. The molecule has 0 heterocycles. The van der Waals surface area contributed by atoms with Crippen molar-refractivity contribution in [2.24, 2.45) is 0 Å². The minimum absolute atomic E-state index is 0.0302. The zero-order valence-electron chi connectivity index (χ0n) is 10.3. The Morgan fingerprint density at radius 2 is 1.45 bits per heavy atom. The number of halogens is 2. The van der Waals surface area contributed by atoms with Crippen LogP contribution in [0.25, 0.3) is 21.9 Å². The molecule has 20 heavy (non-hydrogen) atoms. The average Bonchev–Trinajstić information content (AvgIpc) is 2.45. The highest BCUT2D eigenvalue weighted by molar-refractivity contribution is 6.37. The summed E-state index contributed by atoms with van der Waals surface area (Å²) in [7, 11) is 0. The van der Waals surface area contributed by atoms with Gasteiger partial charge in [0.05, 0.1) is 5.02 Å². The maximum Gasteiger partial charge on any atom is 0.165 e.